The molecule has 3 heterocycles. The topological polar surface area (TPSA) is 37.4 Å². The Morgan fingerprint density at radius 2 is 2.05 bits per heavy atom. The molecule has 0 saturated carbocycles. The first-order chi connectivity index (χ1) is 9.80. The molecular formula is C15H25N3OS. The molecule has 2 bridgehead atoms. The first-order valence-corrected chi connectivity index (χ1v) is 8.71. The fraction of sp³-hybridized carbons (Fsp3) is 0.800. The summed E-state index contributed by atoms with van der Waals surface area (Å²) in [6, 6.07) is 0. The van der Waals surface area contributed by atoms with Crippen molar-refractivity contribution in [2.45, 2.75) is 58.3 Å². The van der Waals surface area contributed by atoms with Crippen molar-refractivity contribution in [1.29, 1.82) is 0 Å². The van der Waals surface area contributed by atoms with Crippen LogP contribution in [0, 0.1) is 0 Å². The van der Waals surface area contributed by atoms with Crippen LogP contribution in [0.1, 0.15) is 43.7 Å². The molecule has 0 aliphatic carbocycles. The maximum absolute atomic E-state index is 5.91. The third kappa shape index (κ3) is 3.00. The van der Waals surface area contributed by atoms with Gasteiger partial charge in [0.2, 0.25) is 0 Å². The zero-order valence-corrected chi connectivity index (χ0v) is 13.3. The maximum atomic E-state index is 5.91. The van der Waals surface area contributed by atoms with Crippen molar-refractivity contribution in [3.63, 3.8) is 0 Å². The Labute approximate surface area is 125 Å². The molecule has 2 fully saturated rings. The van der Waals surface area contributed by atoms with Gasteiger partial charge in [-0.2, -0.15) is 0 Å². The quantitative estimate of drug-likeness (QED) is 0.819. The molecule has 1 N–H and O–H groups in total. The first-order valence-electron chi connectivity index (χ1n) is 7.89. The largest absolute Gasteiger partial charge is 0.371 e. The Hall–Kier alpha value is -0.650. The van der Waals surface area contributed by atoms with Crippen LogP contribution >= 0.6 is 11.3 Å². The summed E-state index contributed by atoms with van der Waals surface area (Å²) in [6.07, 6.45) is 5.52. The molecule has 0 amide bonds. The number of ether oxygens (including phenoxy) is 1. The minimum absolute atomic E-state index is 0.435. The van der Waals surface area contributed by atoms with Crippen molar-refractivity contribution in [2.75, 3.05) is 24.5 Å². The molecule has 20 heavy (non-hydrogen) atoms. The Morgan fingerprint density at radius 1 is 1.30 bits per heavy atom. The molecule has 2 atom stereocenters. The molecule has 1 aromatic rings. The molecule has 112 valence electrons. The fourth-order valence-corrected chi connectivity index (χ4v) is 4.21. The summed E-state index contributed by atoms with van der Waals surface area (Å²) in [5.74, 6) is 0. The molecule has 3 rings (SSSR count). The van der Waals surface area contributed by atoms with Crippen LogP contribution in [0.25, 0.3) is 0 Å². The average Bonchev–Trinajstić information content (AvgIpc) is 3.02. The number of hydrogen-bond acceptors (Lipinski definition) is 5. The predicted molar refractivity (Wildman–Crippen MR) is 83.6 cm³/mol. The highest BCUT2D eigenvalue weighted by atomic mass is 32.1. The summed E-state index contributed by atoms with van der Waals surface area (Å²) in [7, 11) is 0. The van der Waals surface area contributed by atoms with Gasteiger partial charge in [0.05, 0.1) is 17.9 Å². The van der Waals surface area contributed by atoms with Crippen LogP contribution in [-0.2, 0) is 17.7 Å². The van der Waals surface area contributed by atoms with E-state index in [1.165, 1.54) is 35.0 Å². The summed E-state index contributed by atoms with van der Waals surface area (Å²) in [6.45, 7) is 8.49. The first kappa shape index (κ1) is 14.3. The van der Waals surface area contributed by atoms with Crippen LogP contribution < -0.4 is 10.2 Å². The molecule has 2 saturated heterocycles. The lowest BCUT2D eigenvalue weighted by Crippen LogP contribution is -2.42. The molecule has 1 aromatic heterocycles. The van der Waals surface area contributed by atoms with Crippen LogP contribution in [-0.4, -0.2) is 36.8 Å². The van der Waals surface area contributed by atoms with E-state index >= 15 is 0 Å². The van der Waals surface area contributed by atoms with Crippen molar-refractivity contribution >= 4 is 16.5 Å². The molecule has 2 aliphatic heterocycles. The van der Waals surface area contributed by atoms with Crippen molar-refractivity contribution < 1.29 is 4.74 Å². The number of morpholine rings is 1. The van der Waals surface area contributed by atoms with Crippen molar-refractivity contribution in [3.05, 3.63) is 10.6 Å². The van der Waals surface area contributed by atoms with E-state index in [1.807, 2.05) is 11.3 Å². The third-order valence-electron chi connectivity index (χ3n) is 4.13. The molecule has 2 aliphatic rings. The molecular weight excluding hydrogens is 270 g/mol. The molecule has 0 radical (unpaired) electrons. The Balaban J connectivity index is 1.70. The Bertz CT molecular complexity index is 436. The van der Waals surface area contributed by atoms with Crippen LogP contribution in [0.2, 0.25) is 0 Å². The lowest BCUT2D eigenvalue weighted by Gasteiger charge is -2.31. The van der Waals surface area contributed by atoms with E-state index in [0.29, 0.717) is 12.2 Å². The van der Waals surface area contributed by atoms with E-state index in [9.17, 15) is 0 Å². The van der Waals surface area contributed by atoms with Crippen LogP contribution in [0.5, 0.6) is 0 Å². The number of thiazole rings is 1. The Morgan fingerprint density at radius 3 is 2.70 bits per heavy atom. The van der Waals surface area contributed by atoms with Crippen molar-refractivity contribution in [1.82, 2.24) is 10.3 Å². The normalized spacial score (nSPS) is 25.4. The summed E-state index contributed by atoms with van der Waals surface area (Å²) >= 11 is 1.87. The smallest absolute Gasteiger partial charge is 0.186 e. The molecule has 4 nitrogen and oxygen atoms in total. The van der Waals surface area contributed by atoms with Crippen LogP contribution in [0.4, 0.5) is 5.13 Å². The summed E-state index contributed by atoms with van der Waals surface area (Å²) in [5, 5.41) is 4.70. The van der Waals surface area contributed by atoms with Gasteiger partial charge in [0.15, 0.2) is 5.13 Å². The monoisotopic (exact) mass is 295 g/mol. The highest BCUT2D eigenvalue weighted by molar-refractivity contribution is 7.15. The van der Waals surface area contributed by atoms with E-state index in [2.05, 4.69) is 24.1 Å². The predicted octanol–water partition coefficient (Wildman–Crippen LogP) is 2.57. The van der Waals surface area contributed by atoms with Gasteiger partial charge in [-0.15, -0.1) is 11.3 Å². The number of aryl methyl sites for hydroxylation is 1. The highest BCUT2D eigenvalue weighted by Crippen LogP contribution is 2.33. The lowest BCUT2D eigenvalue weighted by molar-refractivity contribution is 0.0305. The second-order valence-electron chi connectivity index (χ2n) is 5.76. The highest BCUT2D eigenvalue weighted by Gasteiger charge is 2.34. The van der Waals surface area contributed by atoms with Gasteiger partial charge < -0.3 is 15.0 Å². The molecule has 5 heteroatoms. The second-order valence-corrected chi connectivity index (χ2v) is 6.82. The van der Waals surface area contributed by atoms with Gasteiger partial charge in [-0.25, -0.2) is 4.98 Å². The van der Waals surface area contributed by atoms with E-state index < -0.39 is 0 Å². The third-order valence-corrected chi connectivity index (χ3v) is 5.29. The number of nitrogens with zero attached hydrogens (tertiary/aromatic N) is 2. The molecule has 2 unspecified atom stereocenters. The van der Waals surface area contributed by atoms with E-state index in [-0.39, 0.29) is 0 Å². The number of hydrogen-bond donors (Lipinski definition) is 1. The van der Waals surface area contributed by atoms with Crippen molar-refractivity contribution in [3.8, 4) is 0 Å². The number of nitrogens with one attached hydrogen (secondary N) is 1. The average molecular weight is 295 g/mol. The summed E-state index contributed by atoms with van der Waals surface area (Å²) < 4.78 is 5.91. The Kier molecular flexibility index (Phi) is 4.58. The molecule has 0 aromatic carbocycles. The maximum Gasteiger partial charge on any atom is 0.186 e. The zero-order chi connectivity index (χ0) is 13.9. The van der Waals surface area contributed by atoms with Gasteiger partial charge in [0.1, 0.15) is 0 Å². The van der Waals surface area contributed by atoms with Crippen LogP contribution in [0.15, 0.2) is 0 Å². The van der Waals surface area contributed by atoms with Gasteiger partial charge in [-0.3, -0.25) is 0 Å². The second kappa shape index (κ2) is 6.41. The van der Waals surface area contributed by atoms with E-state index in [4.69, 9.17) is 9.72 Å². The standard InChI is InChI=1S/C15H25N3OS/c1-3-7-16-8-14-13(4-2)17-15(20-14)18-9-11-5-6-12(10-18)19-11/h11-12,16H,3-10H2,1-2H3. The van der Waals surface area contributed by atoms with E-state index in [0.717, 1.165) is 32.6 Å². The van der Waals surface area contributed by atoms with Crippen LogP contribution in [0.3, 0.4) is 0 Å². The van der Waals surface area contributed by atoms with Gasteiger partial charge >= 0.3 is 0 Å². The summed E-state index contributed by atoms with van der Waals surface area (Å²) in [4.78, 5) is 8.73. The van der Waals surface area contributed by atoms with Crippen molar-refractivity contribution in [2.24, 2.45) is 0 Å². The fourth-order valence-electron chi connectivity index (χ4n) is 3.07. The zero-order valence-electron chi connectivity index (χ0n) is 12.5. The van der Waals surface area contributed by atoms with Gasteiger partial charge in [0, 0.05) is 24.5 Å². The number of rotatable bonds is 6. The minimum Gasteiger partial charge on any atom is -0.371 e. The van der Waals surface area contributed by atoms with Gasteiger partial charge in [-0.05, 0) is 32.2 Å². The summed E-state index contributed by atoms with van der Waals surface area (Å²) in [5.41, 5.74) is 1.27. The number of anilines is 1. The minimum atomic E-state index is 0.435. The number of fused-ring (bicyclic) bond motifs is 2. The van der Waals surface area contributed by atoms with Gasteiger partial charge in [-0.1, -0.05) is 13.8 Å². The lowest BCUT2D eigenvalue weighted by atomic mass is 10.2. The molecule has 0 spiro atoms. The van der Waals surface area contributed by atoms with Gasteiger partial charge in [0.25, 0.3) is 0 Å². The van der Waals surface area contributed by atoms with E-state index in [1.54, 1.807) is 0 Å². The number of aromatic nitrogens is 1. The SMILES string of the molecule is CCCNCc1sc(N2CC3CCC(C2)O3)nc1CC.